The van der Waals surface area contributed by atoms with Gasteiger partial charge >= 0.3 is 5.69 Å². The topological polar surface area (TPSA) is 85.2 Å². The molecule has 0 unspecified atom stereocenters. The molecule has 5 rings (SSSR count). The third-order valence-electron chi connectivity index (χ3n) is 7.13. The maximum atomic E-state index is 12.9. The van der Waals surface area contributed by atoms with Crippen LogP contribution in [0.1, 0.15) is 44.2 Å². The monoisotopic (exact) mass is 437 g/mol. The lowest BCUT2D eigenvalue weighted by Crippen LogP contribution is -2.41. The number of aromatic amines is 1. The fraction of sp³-hybridized carbons (Fsp3) is 0.542. The maximum Gasteiger partial charge on any atom is 0.329 e. The van der Waals surface area contributed by atoms with Gasteiger partial charge in [-0.3, -0.25) is 14.3 Å². The number of aromatic nitrogens is 4. The molecule has 8 nitrogen and oxygen atoms in total. The summed E-state index contributed by atoms with van der Waals surface area (Å²) in [5.41, 5.74) is 1.28. The molecule has 2 fully saturated rings. The van der Waals surface area contributed by atoms with E-state index in [0.29, 0.717) is 36.8 Å². The van der Waals surface area contributed by atoms with Crippen molar-refractivity contribution < 1.29 is 4.74 Å². The highest BCUT2D eigenvalue weighted by molar-refractivity contribution is 5.74. The van der Waals surface area contributed by atoms with Crippen LogP contribution in [-0.2, 0) is 18.3 Å². The lowest BCUT2D eigenvalue weighted by molar-refractivity contribution is 0.0927. The first-order chi connectivity index (χ1) is 15.5. The van der Waals surface area contributed by atoms with Crippen molar-refractivity contribution in [3.8, 4) is 0 Å². The van der Waals surface area contributed by atoms with E-state index < -0.39 is 5.69 Å². The van der Waals surface area contributed by atoms with Crippen molar-refractivity contribution in [2.24, 2.45) is 18.9 Å². The molecular weight excluding hydrogens is 406 g/mol. The number of anilines is 1. The summed E-state index contributed by atoms with van der Waals surface area (Å²) in [6.07, 6.45) is 4.72. The van der Waals surface area contributed by atoms with E-state index in [1.807, 2.05) is 18.2 Å². The van der Waals surface area contributed by atoms with E-state index in [4.69, 9.17) is 9.72 Å². The SMILES string of the molecule is Cn1c(=O)[nH]c(=O)c2c1nc(N1CCOC[C@H]1c1ccccc1)n2C[C@H]1CC[C@H](C)CC1. The van der Waals surface area contributed by atoms with E-state index in [2.05, 4.69) is 33.5 Å². The smallest absolute Gasteiger partial charge is 0.329 e. The molecule has 0 bridgehead atoms. The molecule has 2 aromatic heterocycles. The number of hydrogen-bond acceptors (Lipinski definition) is 5. The Morgan fingerprint density at radius 2 is 1.88 bits per heavy atom. The lowest BCUT2D eigenvalue weighted by atomic mass is 9.83. The predicted molar refractivity (Wildman–Crippen MR) is 124 cm³/mol. The number of nitrogens with zero attached hydrogens (tertiary/aromatic N) is 4. The number of nitrogens with one attached hydrogen (secondary N) is 1. The zero-order valence-electron chi connectivity index (χ0n) is 18.8. The fourth-order valence-corrected chi connectivity index (χ4v) is 5.18. The number of imidazole rings is 1. The van der Waals surface area contributed by atoms with Gasteiger partial charge in [-0.05, 0) is 30.2 Å². The van der Waals surface area contributed by atoms with Crippen LogP contribution in [0.15, 0.2) is 39.9 Å². The van der Waals surface area contributed by atoms with Gasteiger partial charge in [0.25, 0.3) is 5.56 Å². The number of hydrogen-bond donors (Lipinski definition) is 1. The van der Waals surface area contributed by atoms with Crippen LogP contribution in [0, 0.1) is 11.8 Å². The van der Waals surface area contributed by atoms with Gasteiger partial charge in [-0.1, -0.05) is 50.1 Å². The van der Waals surface area contributed by atoms with Crippen molar-refractivity contribution in [1.82, 2.24) is 19.1 Å². The molecule has 170 valence electrons. The van der Waals surface area contributed by atoms with Crippen molar-refractivity contribution in [3.63, 3.8) is 0 Å². The first-order valence-electron chi connectivity index (χ1n) is 11.6. The van der Waals surface area contributed by atoms with E-state index >= 15 is 0 Å². The number of ether oxygens (including phenoxy) is 1. The van der Waals surface area contributed by atoms with Crippen molar-refractivity contribution in [2.75, 3.05) is 24.7 Å². The second-order valence-corrected chi connectivity index (χ2v) is 9.33. The Kier molecular flexibility index (Phi) is 5.63. The predicted octanol–water partition coefficient (Wildman–Crippen LogP) is 2.83. The molecule has 3 aromatic rings. The number of aryl methyl sites for hydroxylation is 1. The molecule has 0 amide bonds. The van der Waals surface area contributed by atoms with E-state index in [-0.39, 0.29) is 11.6 Å². The van der Waals surface area contributed by atoms with Crippen LogP contribution in [0.2, 0.25) is 0 Å². The molecule has 1 aliphatic carbocycles. The van der Waals surface area contributed by atoms with Gasteiger partial charge in [0.1, 0.15) is 0 Å². The Balaban J connectivity index is 1.64. The maximum absolute atomic E-state index is 12.9. The summed E-state index contributed by atoms with van der Waals surface area (Å²) >= 11 is 0. The molecule has 1 aliphatic heterocycles. The summed E-state index contributed by atoms with van der Waals surface area (Å²) in [6.45, 7) is 4.88. The van der Waals surface area contributed by atoms with E-state index in [9.17, 15) is 9.59 Å². The standard InChI is InChI=1S/C24H31N5O3/c1-16-8-10-17(11-9-16)14-29-20-21(27(2)24(31)26-22(20)30)25-23(29)28-12-13-32-15-19(28)18-6-4-3-5-7-18/h3-7,16-17,19H,8-15H2,1-2H3,(H,26,30,31)/t16-,17-,19-/m0/s1. The van der Waals surface area contributed by atoms with Gasteiger partial charge in [-0.15, -0.1) is 0 Å². The Bertz CT molecular complexity index is 1200. The summed E-state index contributed by atoms with van der Waals surface area (Å²) < 4.78 is 9.34. The summed E-state index contributed by atoms with van der Waals surface area (Å²) in [7, 11) is 1.66. The Morgan fingerprint density at radius 1 is 1.12 bits per heavy atom. The summed E-state index contributed by atoms with van der Waals surface area (Å²) in [4.78, 5) is 34.8. The lowest BCUT2D eigenvalue weighted by Gasteiger charge is -2.37. The average molecular weight is 438 g/mol. The average Bonchev–Trinajstić information content (AvgIpc) is 3.19. The molecule has 32 heavy (non-hydrogen) atoms. The number of morpholine rings is 1. The van der Waals surface area contributed by atoms with Gasteiger partial charge in [-0.2, -0.15) is 4.98 Å². The van der Waals surface area contributed by atoms with E-state index in [1.165, 1.54) is 17.4 Å². The highest BCUT2D eigenvalue weighted by Gasteiger charge is 2.31. The highest BCUT2D eigenvalue weighted by Crippen LogP contribution is 2.34. The molecule has 1 N–H and O–H groups in total. The Labute approximate surface area is 186 Å². The van der Waals surface area contributed by atoms with Crippen molar-refractivity contribution in [3.05, 3.63) is 56.7 Å². The second-order valence-electron chi connectivity index (χ2n) is 9.33. The van der Waals surface area contributed by atoms with Crippen LogP contribution in [0.5, 0.6) is 0 Å². The second kappa shape index (κ2) is 8.58. The van der Waals surface area contributed by atoms with Gasteiger partial charge < -0.3 is 14.2 Å². The number of benzene rings is 1. The van der Waals surface area contributed by atoms with Gasteiger partial charge in [0.05, 0.1) is 19.3 Å². The minimum Gasteiger partial charge on any atom is -0.377 e. The minimum absolute atomic E-state index is 0.00278. The van der Waals surface area contributed by atoms with Gasteiger partial charge in [0.2, 0.25) is 5.95 Å². The molecule has 3 heterocycles. The molecule has 1 atom stereocenters. The van der Waals surface area contributed by atoms with Crippen LogP contribution in [-0.4, -0.2) is 38.9 Å². The first-order valence-corrected chi connectivity index (χ1v) is 11.6. The molecule has 2 aliphatic rings. The third kappa shape index (κ3) is 3.77. The van der Waals surface area contributed by atoms with Crippen LogP contribution >= 0.6 is 0 Å². The minimum atomic E-state index is -0.438. The van der Waals surface area contributed by atoms with E-state index in [0.717, 1.165) is 36.8 Å². The third-order valence-corrected chi connectivity index (χ3v) is 7.13. The molecule has 0 radical (unpaired) electrons. The molecule has 1 saturated heterocycles. The largest absolute Gasteiger partial charge is 0.377 e. The van der Waals surface area contributed by atoms with Gasteiger partial charge in [0.15, 0.2) is 11.2 Å². The quantitative estimate of drug-likeness (QED) is 0.678. The van der Waals surface area contributed by atoms with E-state index in [1.54, 1.807) is 7.05 Å². The highest BCUT2D eigenvalue weighted by atomic mass is 16.5. The molecule has 1 aromatic carbocycles. The molecule has 0 spiro atoms. The number of rotatable bonds is 4. The number of H-pyrrole nitrogens is 1. The Hall–Kier alpha value is -2.87. The molecule has 1 saturated carbocycles. The van der Waals surface area contributed by atoms with Crippen LogP contribution < -0.4 is 16.1 Å². The summed E-state index contributed by atoms with van der Waals surface area (Å²) in [5.74, 6) is 2.01. The zero-order valence-corrected chi connectivity index (χ0v) is 18.8. The van der Waals surface area contributed by atoms with Gasteiger partial charge in [0, 0.05) is 20.1 Å². The van der Waals surface area contributed by atoms with Crippen LogP contribution in [0.3, 0.4) is 0 Å². The normalized spacial score (nSPS) is 24.2. The zero-order chi connectivity index (χ0) is 22.2. The summed E-state index contributed by atoms with van der Waals surface area (Å²) in [6, 6.07) is 10.3. The first kappa shape index (κ1) is 21.0. The number of fused-ring (bicyclic) bond motifs is 1. The Morgan fingerprint density at radius 3 is 2.62 bits per heavy atom. The van der Waals surface area contributed by atoms with Crippen LogP contribution in [0.25, 0.3) is 11.2 Å². The molecule has 8 heteroatoms. The fourth-order valence-electron chi connectivity index (χ4n) is 5.18. The van der Waals surface area contributed by atoms with Gasteiger partial charge in [-0.25, -0.2) is 4.79 Å². The van der Waals surface area contributed by atoms with Crippen molar-refractivity contribution >= 4 is 17.1 Å². The van der Waals surface area contributed by atoms with Crippen molar-refractivity contribution in [2.45, 2.75) is 45.2 Å². The van der Waals surface area contributed by atoms with Crippen LogP contribution in [0.4, 0.5) is 5.95 Å². The molecular formula is C24H31N5O3. The van der Waals surface area contributed by atoms with Crippen molar-refractivity contribution in [1.29, 1.82) is 0 Å². The summed E-state index contributed by atoms with van der Waals surface area (Å²) in [5, 5.41) is 0.